The molecule has 94 valence electrons. The van der Waals surface area contributed by atoms with E-state index in [0.717, 1.165) is 29.9 Å². The van der Waals surface area contributed by atoms with E-state index in [1.807, 2.05) is 13.0 Å². The molecule has 4 heteroatoms. The molecule has 1 aliphatic rings. The first-order valence-corrected chi connectivity index (χ1v) is 6.55. The van der Waals surface area contributed by atoms with Gasteiger partial charge in [-0.3, -0.25) is 0 Å². The molecule has 2 unspecified atom stereocenters. The summed E-state index contributed by atoms with van der Waals surface area (Å²) in [6.07, 6.45) is 3.89. The first kappa shape index (κ1) is 12.1. The lowest BCUT2D eigenvalue weighted by Crippen LogP contribution is -2.22. The van der Waals surface area contributed by atoms with Crippen LogP contribution in [0.5, 0.6) is 0 Å². The topological polar surface area (TPSA) is 49.8 Å². The SMILES string of the molecule is CCNc1cc(NC2CCCC2C)nc(C)n1. The lowest BCUT2D eigenvalue weighted by atomic mass is 10.1. The van der Waals surface area contributed by atoms with Crippen molar-refractivity contribution in [2.45, 2.75) is 46.1 Å². The maximum atomic E-state index is 4.45. The van der Waals surface area contributed by atoms with Gasteiger partial charge in [0.2, 0.25) is 0 Å². The zero-order valence-corrected chi connectivity index (χ0v) is 11.0. The van der Waals surface area contributed by atoms with Crippen molar-refractivity contribution in [3.63, 3.8) is 0 Å². The van der Waals surface area contributed by atoms with Gasteiger partial charge in [0.25, 0.3) is 0 Å². The normalized spacial score (nSPS) is 23.7. The number of anilines is 2. The summed E-state index contributed by atoms with van der Waals surface area (Å²) in [7, 11) is 0. The predicted octanol–water partition coefficient (Wildman–Crippen LogP) is 2.82. The summed E-state index contributed by atoms with van der Waals surface area (Å²) in [5, 5.41) is 6.77. The Morgan fingerprint density at radius 1 is 1.29 bits per heavy atom. The molecule has 2 atom stereocenters. The molecule has 0 saturated heterocycles. The fourth-order valence-corrected chi connectivity index (χ4v) is 2.46. The van der Waals surface area contributed by atoms with Gasteiger partial charge in [-0.15, -0.1) is 0 Å². The Bertz CT molecular complexity index is 378. The molecule has 1 aromatic rings. The third-order valence-corrected chi connectivity index (χ3v) is 3.39. The molecule has 1 fully saturated rings. The molecule has 1 aromatic heterocycles. The highest BCUT2D eigenvalue weighted by Crippen LogP contribution is 2.27. The van der Waals surface area contributed by atoms with Crippen LogP contribution in [0.3, 0.4) is 0 Å². The zero-order valence-electron chi connectivity index (χ0n) is 11.0. The number of nitrogens with zero attached hydrogens (tertiary/aromatic N) is 2. The predicted molar refractivity (Wildman–Crippen MR) is 71.4 cm³/mol. The van der Waals surface area contributed by atoms with Gasteiger partial charge < -0.3 is 10.6 Å². The van der Waals surface area contributed by atoms with E-state index in [-0.39, 0.29) is 0 Å². The van der Waals surface area contributed by atoms with E-state index >= 15 is 0 Å². The highest BCUT2D eigenvalue weighted by Gasteiger charge is 2.23. The molecule has 0 aliphatic heterocycles. The van der Waals surface area contributed by atoms with Gasteiger partial charge in [-0.05, 0) is 32.6 Å². The molecular formula is C13H22N4. The number of hydrogen-bond acceptors (Lipinski definition) is 4. The molecule has 0 amide bonds. The molecule has 0 aromatic carbocycles. The van der Waals surface area contributed by atoms with Crippen LogP contribution in [0, 0.1) is 12.8 Å². The Balaban J connectivity index is 2.09. The van der Waals surface area contributed by atoms with Gasteiger partial charge >= 0.3 is 0 Å². The maximum absolute atomic E-state index is 4.45. The second kappa shape index (κ2) is 5.34. The van der Waals surface area contributed by atoms with E-state index in [0.29, 0.717) is 6.04 Å². The van der Waals surface area contributed by atoms with Crippen LogP contribution in [0.15, 0.2) is 6.07 Å². The summed E-state index contributed by atoms with van der Waals surface area (Å²) in [5.74, 6) is 3.42. The molecule has 4 nitrogen and oxygen atoms in total. The van der Waals surface area contributed by atoms with E-state index in [9.17, 15) is 0 Å². The minimum Gasteiger partial charge on any atom is -0.370 e. The van der Waals surface area contributed by atoms with Crippen molar-refractivity contribution in [2.75, 3.05) is 17.2 Å². The Morgan fingerprint density at radius 3 is 2.71 bits per heavy atom. The average Bonchev–Trinajstić information content (AvgIpc) is 2.64. The molecule has 0 radical (unpaired) electrons. The molecule has 1 aliphatic carbocycles. The zero-order chi connectivity index (χ0) is 12.3. The summed E-state index contributed by atoms with van der Waals surface area (Å²) < 4.78 is 0. The molecule has 1 heterocycles. The van der Waals surface area contributed by atoms with Crippen molar-refractivity contribution < 1.29 is 0 Å². The van der Waals surface area contributed by atoms with Gasteiger partial charge in [-0.1, -0.05) is 13.3 Å². The van der Waals surface area contributed by atoms with Gasteiger partial charge in [-0.2, -0.15) is 0 Å². The third kappa shape index (κ3) is 3.08. The number of hydrogen-bond donors (Lipinski definition) is 2. The maximum Gasteiger partial charge on any atom is 0.132 e. The van der Waals surface area contributed by atoms with Crippen LogP contribution in [0.25, 0.3) is 0 Å². The second-order valence-corrected chi connectivity index (χ2v) is 4.87. The van der Waals surface area contributed by atoms with Crippen molar-refractivity contribution in [1.29, 1.82) is 0 Å². The third-order valence-electron chi connectivity index (χ3n) is 3.39. The second-order valence-electron chi connectivity index (χ2n) is 4.87. The standard InChI is InChI=1S/C13H22N4/c1-4-14-12-8-13(16-10(3)15-12)17-11-7-5-6-9(11)2/h8-9,11H,4-7H2,1-3H3,(H2,14,15,16,17). The van der Waals surface area contributed by atoms with Crippen molar-refractivity contribution in [2.24, 2.45) is 5.92 Å². The van der Waals surface area contributed by atoms with Gasteiger partial charge in [0, 0.05) is 18.7 Å². The molecule has 0 spiro atoms. The fourth-order valence-electron chi connectivity index (χ4n) is 2.46. The van der Waals surface area contributed by atoms with Crippen molar-refractivity contribution in [3.8, 4) is 0 Å². The van der Waals surface area contributed by atoms with Crippen LogP contribution in [0.2, 0.25) is 0 Å². The van der Waals surface area contributed by atoms with Crippen molar-refractivity contribution in [3.05, 3.63) is 11.9 Å². The summed E-state index contributed by atoms with van der Waals surface area (Å²) >= 11 is 0. The van der Waals surface area contributed by atoms with Crippen LogP contribution in [-0.2, 0) is 0 Å². The van der Waals surface area contributed by atoms with E-state index in [1.165, 1.54) is 19.3 Å². The van der Waals surface area contributed by atoms with Crippen molar-refractivity contribution in [1.82, 2.24) is 9.97 Å². The Hall–Kier alpha value is -1.32. The lowest BCUT2D eigenvalue weighted by Gasteiger charge is -2.18. The summed E-state index contributed by atoms with van der Waals surface area (Å²) in [5.41, 5.74) is 0. The van der Waals surface area contributed by atoms with E-state index in [2.05, 4.69) is 34.4 Å². The van der Waals surface area contributed by atoms with E-state index in [1.54, 1.807) is 0 Å². The minimum atomic E-state index is 0.568. The van der Waals surface area contributed by atoms with E-state index in [4.69, 9.17) is 0 Å². The smallest absolute Gasteiger partial charge is 0.132 e. The van der Waals surface area contributed by atoms with Crippen LogP contribution in [0.1, 0.15) is 38.9 Å². The first-order chi connectivity index (χ1) is 8.19. The highest BCUT2D eigenvalue weighted by atomic mass is 15.1. The molecule has 17 heavy (non-hydrogen) atoms. The number of rotatable bonds is 4. The van der Waals surface area contributed by atoms with Crippen LogP contribution in [0.4, 0.5) is 11.6 Å². The van der Waals surface area contributed by atoms with E-state index < -0.39 is 0 Å². The summed E-state index contributed by atoms with van der Waals surface area (Å²) in [6, 6.07) is 2.57. The Labute approximate surface area is 103 Å². The highest BCUT2D eigenvalue weighted by molar-refractivity contribution is 5.48. The first-order valence-electron chi connectivity index (χ1n) is 6.55. The van der Waals surface area contributed by atoms with Gasteiger partial charge in [0.1, 0.15) is 17.5 Å². The molecule has 1 saturated carbocycles. The van der Waals surface area contributed by atoms with Crippen LogP contribution < -0.4 is 10.6 Å². The number of nitrogens with one attached hydrogen (secondary N) is 2. The monoisotopic (exact) mass is 234 g/mol. The number of aryl methyl sites for hydroxylation is 1. The summed E-state index contributed by atoms with van der Waals surface area (Å²) in [4.78, 5) is 8.81. The van der Waals surface area contributed by atoms with Gasteiger partial charge in [-0.25, -0.2) is 9.97 Å². The average molecular weight is 234 g/mol. The Morgan fingerprint density at radius 2 is 2.06 bits per heavy atom. The van der Waals surface area contributed by atoms with Crippen LogP contribution >= 0.6 is 0 Å². The van der Waals surface area contributed by atoms with Crippen molar-refractivity contribution >= 4 is 11.6 Å². The molecule has 2 N–H and O–H groups in total. The summed E-state index contributed by atoms with van der Waals surface area (Å²) in [6.45, 7) is 7.20. The lowest BCUT2D eigenvalue weighted by molar-refractivity contribution is 0.554. The van der Waals surface area contributed by atoms with Gasteiger partial charge in [0.05, 0.1) is 0 Å². The fraction of sp³-hybridized carbons (Fsp3) is 0.692. The Kier molecular flexibility index (Phi) is 3.82. The molecule has 0 bridgehead atoms. The molecule has 2 rings (SSSR count). The minimum absolute atomic E-state index is 0.568. The van der Waals surface area contributed by atoms with Crippen LogP contribution in [-0.4, -0.2) is 22.6 Å². The largest absolute Gasteiger partial charge is 0.370 e. The number of aromatic nitrogens is 2. The quantitative estimate of drug-likeness (QED) is 0.841. The molecular weight excluding hydrogens is 212 g/mol. The van der Waals surface area contributed by atoms with Gasteiger partial charge in [0.15, 0.2) is 0 Å².